The van der Waals surface area contributed by atoms with Crippen molar-refractivity contribution in [3.63, 3.8) is 0 Å². The molecular formula is C23H33N3O. The van der Waals surface area contributed by atoms with E-state index < -0.39 is 0 Å². The molecule has 0 bridgehead atoms. The number of fused-ring (bicyclic) bond motifs is 1. The Balaban J connectivity index is 1.27. The molecule has 2 heterocycles. The van der Waals surface area contributed by atoms with E-state index in [4.69, 9.17) is 0 Å². The summed E-state index contributed by atoms with van der Waals surface area (Å²) in [4.78, 5) is 17.6. The van der Waals surface area contributed by atoms with Gasteiger partial charge in [-0.2, -0.15) is 0 Å². The third-order valence-corrected chi connectivity index (χ3v) is 6.81. The van der Waals surface area contributed by atoms with Crippen molar-refractivity contribution in [1.82, 2.24) is 15.1 Å². The van der Waals surface area contributed by atoms with Crippen LogP contribution < -0.4 is 5.32 Å². The van der Waals surface area contributed by atoms with Gasteiger partial charge in [-0.1, -0.05) is 30.3 Å². The predicted octanol–water partition coefficient (Wildman–Crippen LogP) is 2.63. The van der Waals surface area contributed by atoms with E-state index >= 15 is 0 Å². The van der Waals surface area contributed by atoms with E-state index in [-0.39, 0.29) is 11.8 Å². The van der Waals surface area contributed by atoms with Crippen molar-refractivity contribution in [2.45, 2.75) is 50.6 Å². The van der Waals surface area contributed by atoms with E-state index in [1.165, 1.54) is 38.8 Å². The van der Waals surface area contributed by atoms with Crippen molar-refractivity contribution >= 4 is 5.91 Å². The van der Waals surface area contributed by atoms with E-state index in [9.17, 15) is 4.79 Å². The summed E-state index contributed by atoms with van der Waals surface area (Å²) in [6.07, 6.45) is 8.85. The Morgan fingerprint density at radius 1 is 1.04 bits per heavy atom. The van der Waals surface area contributed by atoms with Gasteiger partial charge in [0, 0.05) is 25.2 Å². The Morgan fingerprint density at radius 3 is 2.41 bits per heavy atom. The minimum atomic E-state index is 0.154. The zero-order chi connectivity index (χ0) is 18.6. The number of piperidine rings is 2. The quantitative estimate of drug-likeness (QED) is 0.813. The second kappa shape index (κ2) is 8.57. The summed E-state index contributed by atoms with van der Waals surface area (Å²) in [5.41, 5.74) is 3.10. The maximum absolute atomic E-state index is 12.3. The maximum Gasteiger partial charge on any atom is 0.224 e. The van der Waals surface area contributed by atoms with Crippen molar-refractivity contribution in [2.24, 2.45) is 5.92 Å². The first kappa shape index (κ1) is 18.7. The topological polar surface area (TPSA) is 35.6 Å². The summed E-state index contributed by atoms with van der Waals surface area (Å²) < 4.78 is 0. The molecule has 1 aromatic rings. The molecule has 1 aliphatic carbocycles. The van der Waals surface area contributed by atoms with Crippen LogP contribution in [-0.4, -0.2) is 60.5 Å². The standard InChI is InChI=1S/C23H33N3O/c1-2-11-24-23(27)20-8-5-12-26(17-20)21-9-13-25(14-10-21)22-15-18-6-3-4-7-19(18)16-22/h2-4,6-7,20-22H,1,5,8-17H2,(H,24,27)/t20-/m0/s1. The second-order valence-electron chi connectivity index (χ2n) is 8.47. The summed E-state index contributed by atoms with van der Waals surface area (Å²) in [6.45, 7) is 8.76. The van der Waals surface area contributed by atoms with Gasteiger partial charge in [0.05, 0.1) is 5.92 Å². The summed E-state index contributed by atoms with van der Waals surface area (Å²) in [5.74, 6) is 0.363. The summed E-state index contributed by atoms with van der Waals surface area (Å²) >= 11 is 0. The highest BCUT2D eigenvalue weighted by Gasteiger charge is 2.34. The Bertz CT molecular complexity index is 640. The molecule has 1 N–H and O–H groups in total. The van der Waals surface area contributed by atoms with Crippen LogP contribution in [0.25, 0.3) is 0 Å². The number of hydrogen-bond acceptors (Lipinski definition) is 3. The molecule has 0 saturated carbocycles. The van der Waals surface area contributed by atoms with Gasteiger partial charge in [-0.3, -0.25) is 14.6 Å². The number of hydrogen-bond donors (Lipinski definition) is 1. The van der Waals surface area contributed by atoms with Crippen LogP contribution in [0.15, 0.2) is 36.9 Å². The van der Waals surface area contributed by atoms with Crippen LogP contribution in [0.2, 0.25) is 0 Å². The first-order valence-corrected chi connectivity index (χ1v) is 10.7. The van der Waals surface area contributed by atoms with Crippen LogP contribution >= 0.6 is 0 Å². The molecule has 0 aromatic heterocycles. The summed E-state index contributed by atoms with van der Waals surface area (Å²) in [5, 5.41) is 2.99. The number of carbonyl (C=O) groups is 1. The lowest BCUT2D eigenvalue weighted by atomic mass is 9.92. The van der Waals surface area contributed by atoms with Gasteiger partial charge in [0.1, 0.15) is 0 Å². The van der Waals surface area contributed by atoms with Crippen molar-refractivity contribution in [3.8, 4) is 0 Å². The Hall–Kier alpha value is -1.65. The molecule has 0 unspecified atom stereocenters. The molecule has 1 amide bonds. The van der Waals surface area contributed by atoms with Crippen LogP contribution in [0.5, 0.6) is 0 Å². The van der Waals surface area contributed by atoms with Gasteiger partial charge in [-0.15, -0.1) is 6.58 Å². The van der Waals surface area contributed by atoms with E-state index in [0.717, 1.165) is 25.9 Å². The fraction of sp³-hybridized carbons (Fsp3) is 0.609. The molecule has 3 aliphatic rings. The van der Waals surface area contributed by atoms with E-state index in [1.807, 2.05) is 0 Å². The number of nitrogens with one attached hydrogen (secondary N) is 1. The van der Waals surface area contributed by atoms with Gasteiger partial charge >= 0.3 is 0 Å². The van der Waals surface area contributed by atoms with Crippen LogP contribution in [0.1, 0.15) is 36.8 Å². The molecule has 0 spiro atoms. The molecule has 2 fully saturated rings. The minimum Gasteiger partial charge on any atom is -0.352 e. The number of amides is 1. The lowest BCUT2D eigenvalue weighted by molar-refractivity contribution is -0.127. The number of likely N-dealkylation sites (tertiary alicyclic amines) is 2. The van der Waals surface area contributed by atoms with Crippen LogP contribution in [0, 0.1) is 5.92 Å². The second-order valence-corrected chi connectivity index (χ2v) is 8.47. The van der Waals surface area contributed by atoms with Gasteiger partial charge in [0.25, 0.3) is 0 Å². The average Bonchev–Trinajstić information content (AvgIpc) is 3.16. The Morgan fingerprint density at radius 2 is 1.74 bits per heavy atom. The first-order chi connectivity index (χ1) is 13.2. The van der Waals surface area contributed by atoms with Gasteiger partial charge in [-0.25, -0.2) is 0 Å². The van der Waals surface area contributed by atoms with Crippen molar-refractivity contribution in [1.29, 1.82) is 0 Å². The van der Waals surface area contributed by atoms with Crippen molar-refractivity contribution in [2.75, 3.05) is 32.7 Å². The molecule has 4 rings (SSSR count). The van der Waals surface area contributed by atoms with Crippen molar-refractivity contribution in [3.05, 3.63) is 48.0 Å². The highest BCUT2D eigenvalue weighted by atomic mass is 16.1. The smallest absolute Gasteiger partial charge is 0.224 e. The zero-order valence-corrected chi connectivity index (χ0v) is 16.4. The van der Waals surface area contributed by atoms with E-state index in [1.54, 1.807) is 17.2 Å². The number of carbonyl (C=O) groups excluding carboxylic acids is 1. The minimum absolute atomic E-state index is 0.154. The molecule has 27 heavy (non-hydrogen) atoms. The maximum atomic E-state index is 12.3. The highest BCUT2D eigenvalue weighted by Crippen LogP contribution is 2.29. The lowest BCUT2D eigenvalue weighted by Gasteiger charge is -2.43. The molecule has 4 heteroatoms. The molecule has 2 saturated heterocycles. The normalized spacial score (nSPS) is 25.3. The molecule has 146 valence electrons. The van der Waals surface area contributed by atoms with Gasteiger partial charge in [-0.05, 0) is 69.3 Å². The van der Waals surface area contributed by atoms with Crippen LogP contribution in [-0.2, 0) is 17.6 Å². The zero-order valence-electron chi connectivity index (χ0n) is 16.4. The molecule has 2 aliphatic heterocycles. The average molecular weight is 368 g/mol. The molecule has 0 radical (unpaired) electrons. The van der Waals surface area contributed by atoms with Gasteiger partial charge in [0.2, 0.25) is 5.91 Å². The largest absolute Gasteiger partial charge is 0.352 e. The van der Waals surface area contributed by atoms with Gasteiger partial charge < -0.3 is 5.32 Å². The fourth-order valence-corrected chi connectivity index (χ4v) is 5.28. The molecule has 1 atom stereocenters. The lowest BCUT2D eigenvalue weighted by Crippen LogP contribution is -2.52. The third-order valence-electron chi connectivity index (χ3n) is 6.81. The highest BCUT2D eigenvalue weighted by molar-refractivity contribution is 5.79. The SMILES string of the molecule is C=CCNC(=O)[C@H]1CCCN(C2CCN(C3Cc4ccccc4C3)CC2)C1. The number of benzene rings is 1. The molecular weight excluding hydrogens is 334 g/mol. The first-order valence-electron chi connectivity index (χ1n) is 10.7. The van der Waals surface area contributed by atoms with Crippen molar-refractivity contribution < 1.29 is 4.79 Å². The van der Waals surface area contributed by atoms with E-state index in [0.29, 0.717) is 18.6 Å². The Kier molecular flexibility index (Phi) is 5.94. The third kappa shape index (κ3) is 4.27. The summed E-state index contributed by atoms with van der Waals surface area (Å²) in [6, 6.07) is 10.3. The predicted molar refractivity (Wildman–Crippen MR) is 110 cm³/mol. The molecule has 4 nitrogen and oxygen atoms in total. The summed E-state index contributed by atoms with van der Waals surface area (Å²) in [7, 11) is 0. The van der Waals surface area contributed by atoms with Crippen LogP contribution in [0.3, 0.4) is 0 Å². The fourth-order valence-electron chi connectivity index (χ4n) is 5.28. The van der Waals surface area contributed by atoms with Crippen LogP contribution in [0.4, 0.5) is 0 Å². The number of nitrogens with zero attached hydrogens (tertiary/aromatic N) is 2. The molecule has 1 aromatic carbocycles. The Labute approximate surface area is 163 Å². The van der Waals surface area contributed by atoms with E-state index in [2.05, 4.69) is 46.0 Å². The number of rotatable bonds is 5. The monoisotopic (exact) mass is 367 g/mol. The van der Waals surface area contributed by atoms with Gasteiger partial charge in [0.15, 0.2) is 0 Å².